The molecule has 0 saturated carbocycles. The van der Waals surface area contributed by atoms with Crippen LogP contribution in [0.2, 0.25) is 0 Å². The normalized spacial score (nSPS) is 11.9. The highest BCUT2D eigenvalue weighted by Crippen LogP contribution is 2.38. The lowest BCUT2D eigenvalue weighted by atomic mass is 9.98. The molecule has 4 rings (SSSR count). The van der Waals surface area contributed by atoms with Gasteiger partial charge in [-0.1, -0.05) is 54.6 Å². The number of carboxylic acid groups (broad SMARTS) is 1. The number of nitrogens with one attached hydrogen (secondary N) is 2. The Morgan fingerprint density at radius 2 is 1.82 bits per heavy atom. The van der Waals surface area contributed by atoms with Gasteiger partial charge in [-0.15, -0.1) is 0 Å². The zero-order valence-electron chi connectivity index (χ0n) is 17.7. The van der Waals surface area contributed by atoms with Gasteiger partial charge in [-0.2, -0.15) is 0 Å². The predicted octanol–water partition coefficient (Wildman–Crippen LogP) is 4.47. The van der Waals surface area contributed by atoms with E-state index in [1.165, 1.54) is 0 Å². The first-order chi connectivity index (χ1) is 15.9. The first-order valence-corrected chi connectivity index (χ1v) is 11.3. The van der Waals surface area contributed by atoms with Gasteiger partial charge in [0.1, 0.15) is 11.7 Å². The van der Waals surface area contributed by atoms with Crippen molar-refractivity contribution < 1.29 is 14.7 Å². The quantitative estimate of drug-likeness (QED) is 0.281. The predicted molar refractivity (Wildman–Crippen MR) is 131 cm³/mol. The summed E-state index contributed by atoms with van der Waals surface area (Å²) in [4.78, 5) is 30.7. The zero-order valence-corrected chi connectivity index (χ0v) is 19.3. The second-order valence-corrected chi connectivity index (χ2v) is 8.66. The van der Waals surface area contributed by atoms with Gasteiger partial charge in [0.05, 0.1) is 5.69 Å². The number of carbonyl (C=O) groups excluding carboxylic acids is 1. The number of aliphatic carboxylic acids is 1. The van der Waals surface area contributed by atoms with Crippen LogP contribution < -0.4 is 11.1 Å². The number of hydrogen-bond donors (Lipinski definition) is 4. The summed E-state index contributed by atoms with van der Waals surface area (Å²) in [5, 5.41) is 12.6. The molecule has 0 bridgehead atoms. The van der Waals surface area contributed by atoms with Gasteiger partial charge in [-0.25, -0.2) is 4.98 Å². The molecule has 2 heterocycles. The van der Waals surface area contributed by atoms with E-state index in [0.717, 1.165) is 43.5 Å². The van der Waals surface area contributed by atoms with Crippen LogP contribution in [-0.4, -0.2) is 33.0 Å². The van der Waals surface area contributed by atoms with Crippen molar-refractivity contribution in [2.75, 3.05) is 0 Å². The molecule has 33 heavy (non-hydrogen) atoms. The van der Waals surface area contributed by atoms with Crippen LogP contribution in [0, 0.1) is 0 Å². The molecule has 0 spiro atoms. The maximum atomic E-state index is 12.0. The van der Waals surface area contributed by atoms with Crippen molar-refractivity contribution in [1.82, 2.24) is 15.3 Å². The summed E-state index contributed by atoms with van der Waals surface area (Å²) >= 11 is 3.52. The van der Waals surface area contributed by atoms with E-state index in [1.807, 2.05) is 42.5 Å². The first-order valence-electron chi connectivity index (χ1n) is 10.5. The molecule has 7 nitrogen and oxygen atoms in total. The number of H-pyrrole nitrogens is 1. The molecule has 0 radical (unpaired) electrons. The average Bonchev–Trinajstić information content (AvgIpc) is 3.20. The van der Waals surface area contributed by atoms with Crippen molar-refractivity contribution in [2.45, 2.75) is 25.4 Å². The van der Waals surface area contributed by atoms with E-state index in [2.05, 4.69) is 49.4 Å². The minimum atomic E-state index is -1.10. The number of carbonyl (C=O) groups is 2. The Bertz CT molecular complexity index is 1290. The van der Waals surface area contributed by atoms with Gasteiger partial charge in [0, 0.05) is 34.6 Å². The van der Waals surface area contributed by atoms with Gasteiger partial charge in [-0.3, -0.25) is 9.59 Å². The van der Waals surface area contributed by atoms with Crippen LogP contribution >= 0.6 is 15.9 Å². The molecule has 4 aromatic rings. The van der Waals surface area contributed by atoms with Crippen LogP contribution in [0.15, 0.2) is 71.3 Å². The number of fused-ring (bicyclic) bond motifs is 1. The van der Waals surface area contributed by atoms with Crippen molar-refractivity contribution in [3.63, 3.8) is 0 Å². The number of aromatic nitrogens is 2. The molecule has 0 aliphatic heterocycles. The number of amides is 1. The maximum Gasteiger partial charge on any atom is 0.320 e. The number of hydrogen-bond acceptors (Lipinski definition) is 4. The van der Waals surface area contributed by atoms with Crippen LogP contribution in [-0.2, 0) is 16.1 Å². The second kappa shape index (κ2) is 9.97. The van der Waals surface area contributed by atoms with Gasteiger partial charge < -0.3 is 21.1 Å². The lowest BCUT2D eigenvalue weighted by molar-refractivity contribution is -0.138. The number of nitrogens with two attached hydrogens (primary N) is 1. The fourth-order valence-electron chi connectivity index (χ4n) is 3.65. The number of nitrogens with zero attached hydrogens (tertiary/aromatic N) is 1. The molecular formula is C25H23BrN4O3. The van der Waals surface area contributed by atoms with E-state index < -0.39 is 12.0 Å². The number of aromatic amines is 1. The molecular weight excluding hydrogens is 484 g/mol. The lowest BCUT2D eigenvalue weighted by Crippen LogP contribution is -2.32. The SMILES string of the molecule is N[C@@H](CCC(=O)NCc1ccc(-c2c(-c3ccccc3)[nH]c3ncc(Br)cc23)cc1)C(=O)O. The fourth-order valence-corrected chi connectivity index (χ4v) is 3.99. The molecule has 1 amide bonds. The van der Waals surface area contributed by atoms with Gasteiger partial charge in [-0.05, 0) is 45.1 Å². The van der Waals surface area contributed by atoms with Crippen LogP contribution in [0.3, 0.4) is 0 Å². The number of pyridine rings is 1. The van der Waals surface area contributed by atoms with Crippen LogP contribution in [0.5, 0.6) is 0 Å². The third kappa shape index (κ3) is 5.30. The summed E-state index contributed by atoms with van der Waals surface area (Å²) in [6.07, 6.45) is 1.95. The Hall–Kier alpha value is -3.49. The maximum absolute atomic E-state index is 12.0. The lowest BCUT2D eigenvalue weighted by Gasteiger charge is -2.09. The van der Waals surface area contributed by atoms with E-state index in [-0.39, 0.29) is 18.7 Å². The Balaban J connectivity index is 1.55. The zero-order chi connectivity index (χ0) is 23.4. The molecule has 2 aromatic carbocycles. The van der Waals surface area contributed by atoms with E-state index in [9.17, 15) is 9.59 Å². The molecule has 0 aliphatic rings. The molecule has 5 N–H and O–H groups in total. The second-order valence-electron chi connectivity index (χ2n) is 7.75. The number of carboxylic acids is 1. The summed E-state index contributed by atoms with van der Waals surface area (Å²) < 4.78 is 0.900. The highest BCUT2D eigenvalue weighted by Gasteiger charge is 2.17. The smallest absolute Gasteiger partial charge is 0.320 e. The Kier molecular flexibility index (Phi) is 6.86. The number of benzene rings is 2. The molecule has 0 aliphatic carbocycles. The van der Waals surface area contributed by atoms with Crippen LogP contribution in [0.1, 0.15) is 18.4 Å². The molecule has 0 unspecified atom stereocenters. The van der Waals surface area contributed by atoms with E-state index in [0.29, 0.717) is 6.54 Å². The van der Waals surface area contributed by atoms with Crippen molar-refractivity contribution in [1.29, 1.82) is 0 Å². The van der Waals surface area contributed by atoms with E-state index >= 15 is 0 Å². The molecule has 8 heteroatoms. The van der Waals surface area contributed by atoms with Crippen molar-refractivity contribution in [3.05, 3.63) is 76.9 Å². The van der Waals surface area contributed by atoms with Crippen molar-refractivity contribution in [3.8, 4) is 22.4 Å². The third-order valence-corrected chi connectivity index (χ3v) is 5.85. The standard InChI is InChI=1S/C25H23BrN4O3/c26-18-12-19-22(23(30-24(19)29-14-18)17-4-2-1-3-5-17)16-8-6-15(7-9-16)13-28-21(31)11-10-20(27)25(32)33/h1-9,12,14,20H,10-11,13,27H2,(H,28,31)(H,29,30)(H,32,33)/t20-/m0/s1. The van der Waals surface area contributed by atoms with Gasteiger partial charge in [0.25, 0.3) is 0 Å². The number of halogens is 1. The Morgan fingerprint density at radius 3 is 2.52 bits per heavy atom. The molecule has 168 valence electrons. The Labute approximate surface area is 199 Å². The summed E-state index contributed by atoms with van der Waals surface area (Å²) in [5.41, 5.74) is 11.3. The highest BCUT2D eigenvalue weighted by atomic mass is 79.9. The monoisotopic (exact) mass is 506 g/mol. The molecule has 0 saturated heterocycles. The largest absolute Gasteiger partial charge is 0.480 e. The van der Waals surface area contributed by atoms with E-state index in [4.69, 9.17) is 10.8 Å². The van der Waals surface area contributed by atoms with Crippen LogP contribution in [0.25, 0.3) is 33.4 Å². The summed E-state index contributed by atoms with van der Waals surface area (Å²) in [5.74, 6) is -1.33. The van der Waals surface area contributed by atoms with E-state index in [1.54, 1.807) is 6.20 Å². The number of rotatable bonds is 8. The molecule has 2 aromatic heterocycles. The summed E-state index contributed by atoms with van der Waals surface area (Å²) in [6.45, 7) is 0.355. The minimum Gasteiger partial charge on any atom is -0.480 e. The van der Waals surface area contributed by atoms with Crippen LogP contribution in [0.4, 0.5) is 0 Å². The van der Waals surface area contributed by atoms with Gasteiger partial charge in [0.15, 0.2) is 0 Å². The molecule has 0 fully saturated rings. The summed E-state index contributed by atoms with van der Waals surface area (Å²) in [7, 11) is 0. The highest BCUT2D eigenvalue weighted by molar-refractivity contribution is 9.10. The minimum absolute atomic E-state index is 0.0726. The average molecular weight is 507 g/mol. The Morgan fingerprint density at radius 1 is 1.09 bits per heavy atom. The van der Waals surface area contributed by atoms with Gasteiger partial charge >= 0.3 is 5.97 Å². The van der Waals surface area contributed by atoms with Gasteiger partial charge in [0.2, 0.25) is 5.91 Å². The topological polar surface area (TPSA) is 121 Å². The molecule has 1 atom stereocenters. The third-order valence-electron chi connectivity index (χ3n) is 5.41. The van der Waals surface area contributed by atoms with Crippen molar-refractivity contribution >= 4 is 38.8 Å². The first kappa shape index (κ1) is 22.7. The fraction of sp³-hybridized carbons (Fsp3) is 0.160. The summed E-state index contributed by atoms with van der Waals surface area (Å²) in [6, 6.07) is 19.1. The van der Waals surface area contributed by atoms with Crippen molar-refractivity contribution in [2.24, 2.45) is 5.73 Å².